The molecule has 0 saturated carbocycles. The summed E-state index contributed by atoms with van der Waals surface area (Å²) in [5.41, 5.74) is 2.55. The van der Waals surface area contributed by atoms with Crippen LogP contribution < -0.4 is 20.5 Å². The molecule has 1 N–H and O–H groups in total. The van der Waals surface area contributed by atoms with Gasteiger partial charge in [0, 0.05) is 17.8 Å². The zero-order valence-electron chi connectivity index (χ0n) is 19.7. The Balaban J connectivity index is 1.57. The van der Waals surface area contributed by atoms with Gasteiger partial charge in [0.25, 0.3) is 11.5 Å². The molecule has 1 saturated heterocycles. The third-order valence-electron chi connectivity index (χ3n) is 5.59. The molecule has 35 heavy (non-hydrogen) atoms. The lowest BCUT2D eigenvalue weighted by Crippen LogP contribution is -2.34. The molecule has 184 valence electrons. The van der Waals surface area contributed by atoms with Gasteiger partial charge in [-0.05, 0) is 50.1 Å². The van der Waals surface area contributed by atoms with Gasteiger partial charge >= 0.3 is 6.09 Å². The van der Waals surface area contributed by atoms with Crippen molar-refractivity contribution in [3.8, 4) is 11.4 Å². The highest BCUT2D eigenvalue weighted by Gasteiger charge is 2.35. The Labute approximate surface area is 212 Å². The van der Waals surface area contributed by atoms with Gasteiger partial charge in [-0.15, -0.1) is 11.3 Å². The fraction of sp³-hybridized carbons (Fsp3) is 0.320. The number of anilines is 1. The number of carbonyl (C=O) groups is 2. The minimum Gasteiger partial charge on any atom is -0.491 e. The van der Waals surface area contributed by atoms with Crippen LogP contribution in [0.1, 0.15) is 34.1 Å². The minimum absolute atomic E-state index is 0.117. The molecular formula is C25H26ClN3O5S. The van der Waals surface area contributed by atoms with Crippen molar-refractivity contribution in [3.63, 3.8) is 0 Å². The number of pyridine rings is 1. The van der Waals surface area contributed by atoms with Gasteiger partial charge in [-0.1, -0.05) is 24.6 Å². The van der Waals surface area contributed by atoms with Crippen LogP contribution in [0.15, 0.2) is 47.4 Å². The number of rotatable bonds is 8. The van der Waals surface area contributed by atoms with Crippen LogP contribution in [0.3, 0.4) is 0 Å². The van der Waals surface area contributed by atoms with E-state index in [-0.39, 0.29) is 24.6 Å². The number of nitrogens with zero attached hydrogens (tertiary/aromatic N) is 2. The molecule has 1 aliphatic heterocycles. The van der Waals surface area contributed by atoms with Gasteiger partial charge in [0.15, 0.2) is 0 Å². The summed E-state index contributed by atoms with van der Waals surface area (Å²) in [6.45, 7) is 6.49. The summed E-state index contributed by atoms with van der Waals surface area (Å²) < 4.78 is 13.6. The van der Waals surface area contributed by atoms with E-state index in [9.17, 15) is 14.4 Å². The van der Waals surface area contributed by atoms with Crippen molar-refractivity contribution >= 4 is 40.6 Å². The van der Waals surface area contributed by atoms with Crippen LogP contribution in [0.5, 0.6) is 5.75 Å². The molecule has 0 radical (unpaired) electrons. The van der Waals surface area contributed by atoms with Crippen LogP contribution in [-0.2, 0) is 4.74 Å². The summed E-state index contributed by atoms with van der Waals surface area (Å²) in [6, 6.07) is 10.5. The smallest absolute Gasteiger partial charge is 0.414 e. The number of hydrogen-bond donors (Lipinski definition) is 1. The molecule has 0 bridgehead atoms. The first-order valence-electron chi connectivity index (χ1n) is 11.3. The Kier molecular flexibility index (Phi) is 7.47. The van der Waals surface area contributed by atoms with Crippen molar-refractivity contribution in [1.29, 1.82) is 0 Å². The molecule has 1 atom stereocenters. The highest BCUT2D eigenvalue weighted by molar-refractivity contribution is 7.18. The van der Waals surface area contributed by atoms with E-state index in [1.54, 1.807) is 42.0 Å². The van der Waals surface area contributed by atoms with E-state index in [1.807, 2.05) is 26.0 Å². The number of benzene rings is 1. The second-order valence-corrected chi connectivity index (χ2v) is 9.97. The number of amides is 2. The Bertz CT molecular complexity index is 1320. The second kappa shape index (κ2) is 10.5. The van der Waals surface area contributed by atoms with Crippen molar-refractivity contribution < 1.29 is 19.1 Å². The zero-order valence-corrected chi connectivity index (χ0v) is 21.2. The number of aryl methyl sites for hydroxylation is 2. The third kappa shape index (κ3) is 5.36. The maximum absolute atomic E-state index is 12.8. The van der Waals surface area contributed by atoms with E-state index in [0.717, 1.165) is 12.0 Å². The number of hydrogen-bond acceptors (Lipinski definition) is 6. The van der Waals surface area contributed by atoms with Crippen LogP contribution in [0.4, 0.5) is 10.5 Å². The predicted molar refractivity (Wildman–Crippen MR) is 137 cm³/mol. The summed E-state index contributed by atoms with van der Waals surface area (Å²) in [5, 5.41) is 2.79. The molecule has 8 nitrogen and oxygen atoms in total. The maximum Gasteiger partial charge on any atom is 0.414 e. The van der Waals surface area contributed by atoms with Gasteiger partial charge in [0.05, 0.1) is 40.3 Å². The fourth-order valence-corrected chi connectivity index (χ4v) is 4.77. The average molecular weight is 516 g/mol. The summed E-state index contributed by atoms with van der Waals surface area (Å²) >= 11 is 7.08. The van der Waals surface area contributed by atoms with Crippen LogP contribution in [0, 0.1) is 13.8 Å². The SMILES string of the molecule is CCCOc1cc(-n2cccc(C)c2=O)c(C)cc1N1C[C@H](CNC(=O)c2ccc(Cl)s2)OC1=O. The Morgan fingerprint density at radius 1 is 1.20 bits per heavy atom. The van der Waals surface area contributed by atoms with Crippen molar-refractivity contribution in [2.45, 2.75) is 33.3 Å². The quantitative estimate of drug-likeness (QED) is 0.469. The Morgan fingerprint density at radius 2 is 2.00 bits per heavy atom. The van der Waals surface area contributed by atoms with E-state index in [0.29, 0.717) is 38.5 Å². The van der Waals surface area contributed by atoms with Crippen LogP contribution in [-0.4, -0.2) is 42.4 Å². The number of cyclic esters (lactones) is 1. The lowest BCUT2D eigenvalue weighted by atomic mass is 10.1. The first kappa shape index (κ1) is 24.8. The van der Waals surface area contributed by atoms with Crippen molar-refractivity contribution in [3.05, 3.63) is 73.3 Å². The molecule has 3 aromatic rings. The first-order valence-corrected chi connectivity index (χ1v) is 12.5. The van der Waals surface area contributed by atoms with Crippen molar-refractivity contribution in [2.75, 3.05) is 24.6 Å². The van der Waals surface area contributed by atoms with Gasteiger partial charge in [-0.25, -0.2) is 4.79 Å². The normalized spacial score (nSPS) is 15.3. The van der Waals surface area contributed by atoms with E-state index in [4.69, 9.17) is 21.1 Å². The maximum atomic E-state index is 12.8. The third-order valence-corrected chi connectivity index (χ3v) is 6.82. The average Bonchev–Trinajstić information content (AvgIpc) is 3.43. The van der Waals surface area contributed by atoms with Crippen molar-refractivity contribution in [2.24, 2.45) is 0 Å². The molecule has 1 fully saturated rings. The zero-order chi connectivity index (χ0) is 25.1. The molecule has 3 heterocycles. The molecule has 0 aliphatic carbocycles. The largest absolute Gasteiger partial charge is 0.491 e. The molecule has 4 rings (SSSR count). The number of carbonyl (C=O) groups excluding carboxylic acids is 2. The van der Waals surface area contributed by atoms with Gasteiger partial charge in [0.1, 0.15) is 11.9 Å². The molecular weight excluding hydrogens is 490 g/mol. The summed E-state index contributed by atoms with van der Waals surface area (Å²) in [4.78, 5) is 39.8. The molecule has 1 aliphatic rings. The second-order valence-electron chi connectivity index (χ2n) is 8.25. The van der Waals surface area contributed by atoms with Crippen molar-refractivity contribution in [1.82, 2.24) is 9.88 Å². The van der Waals surface area contributed by atoms with Crippen LogP contribution >= 0.6 is 22.9 Å². The number of thiophene rings is 1. The van der Waals surface area contributed by atoms with Gasteiger partial charge < -0.3 is 14.8 Å². The molecule has 1 aromatic carbocycles. The monoisotopic (exact) mass is 515 g/mol. The standard InChI is InChI=1S/C25H26ClN3O5S/c1-4-10-33-20-12-18(28-9-5-6-15(2)24(28)31)16(3)11-19(20)29-14-17(34-25(29)32)13-27-23(30)21-7-8-22(26)35-21/h5-9,11-12,17H,4,10,13-14H2,1-3H3,(H,27,30)/t17-/m0/s1. The van der Waals surface area contributed by atoms with Crippen LogP contribution in [0.2, 0.25) is 4.34 Å². The molecule has 0 unspecified atom stereocenters. The highest BCUT2D eigenvalue weighted by atomic mass is 35.5. The van der Waals surface area contributed by atoms with E-state index < -0.39 is 12.2 Å². The topological polar surface area (TPSA) is 89.9 Å². The lowest BCUT2D eigenvalue weighted by molar-refractivity contribution is 0.0920. The van der Waals surface area contributed by atoms with Gasteiger partial charge in [0.2, 0.25) is 0 Å². The minimum atomic E-state index is -0.528. The Hall–Kier alpha value is -3.30. The van der Waals surface area contributed by atoms with Crippen LogP contribution in [0.25, 0.3) is 5.69 Å². The highest BCUT2D eigenvalue weighted by Crippen LogP contribution is 2.35. The summed E-state index contributed by atoms with van der Waals surface area (Å²) in [6.07, 6.45) is 1.44. The van der Waals surface area contributed by atoms with E-state index in [1.165, 1.54) is 16.2 Å². The molecule has 10 heteroatoms. The predicted octanol–water partition coefficient (Wildman–Crippen LogP) is 4.71. The Morgan fingerprint density at radius 3 is 2.71 bits per heavy atom. The molecule has 2 amide bonds. The number of halogens is 1. The molecule has 0 spiro atoms. The molecule has 2 aromatic heterocycles. The number of aromatic nitrogens is 1. The first-order chi connectivity index (χ1) is 16.8. The lowest BCUT2D eigenvalue weighted by Gasteiger charge is -2.21. The number of ether oxygens (including phenoxy) is 2. The van der Waals surface area contributed by atoms with E-state index in [2.05, 4.69) is 5.32 Å². The number of nitrogens with one attached hydrogen (secondary N) is 1. The van der Waals surface area contributed by atoms with Gasteiger partial charge in [-0.3, -0.25) is 19.1 Å². The van der Waals surface area contributed by atoms with Gasteiger partial charge in [-0.2, -0.15) is 0 Å². The summed E-state index contributed by atoms with van der Waals surface area (Å²) in [7, 11) is 0. The fourth-order valence-electron chi connectivity index (χ4n) is 3.81. The summed E-state index contributed by atoms with van der Waals surface area (Å²) in [5.74, 6) is 0.211. The van der Waals surface area contributed by atoms with E-state index >= 15 is 0 Å².